The van der Waals surface area contributed by atoms with Crippen LogP contribution in [0.4, 0.5) is 8.78 Å². The summed E-state index contributed by atoms with van der Waals surface area (Å²) in [5, 5.41) is 7.13. The Morgan fingerprint density at radius 3 is 3.00 bits per heavy atom. The summed E-state index contributed by atoms with van der Waals surface area (Å²) in [6, 6.07) is 0.593. The number of hydrogen-bond donors (Lipinski definition) is 2. The van der Waals surface area contributed by atoms with Crippen LogP contribution in [-0.4, -0.2) is 36.7 Å². The molecule has 2 aliphatic rings. The Labute approximate surface area is 143 Å². The van der Waals surface area contributed by atoms with Crippen molar-refractivity contribution in [2.24, 2.45) is 5.92 Å². The fourth-order valence-electron chi connectivity index (χ4n) is 3.06. The topological polar surface area (TPSA) is 58.2 Å². The fraction of sp³-hybridized carbons (Fsp3) is 0.600. The number of alkyl halides is 2. The Morgan fingerprint density at radius 2 is 2.26 bits per heavy atom. The van der Waals surface area contributed by atoms with Crippen LogP contribution in [-0.2, 0) is 11.2 Å². The molecule has 8 heteroatoms. The van der Waals surface area contributed by atoms with Gasteiger partial charge in [-0.1, -0.05) is 0 Å². The number of nitrogens with one attached hydrogen (secondary N) is 2. The third kappa shape index (κ3) is 3.89. The minimum atomic E-state index is -2.89. The largest absolute Gasteiger partial charge is 0.346 e. The van der Waals surface area contributed by atoms with Gasteiger partial charge in [-0.25, -0.2) is 8.78 Å². The molecular weight excluding hydrogens is 346 g/mol. The zero-order valence-corrected chi connectivity index (χ0v) is 14.1. The molecule has 1 saturated heterocycles. The van der Waals surface area contributed by atoms with Crippen LogP contribution < -0.4 is 10.6 Å². The standard InChI is InChI=1S/C15H18F2N2O2S.ClH/c16-15(17)4-5-18-8-12(15)19-13(20)7-9-1-2-11-10(14(9)21)3-6-22-11;/h3,6,9,12,18H,1-2,4-5,7-8H2,(H,19,20);1H. The van der Waals surface area contributed by atoms with Crippen LogP contribution in [0, 0.1) is 5.92 Å². The zero-order chi connectivity index (χ0) is 15.7. The average molecular weight is 365 g/mol. The Balaban J connectivity index is 0.00000192. The van der Waals surface area contributed by atoms with E-state index in [-0.39, 0.29) is 44.1 Å². The second-order valence-electron chi connectivity index (χ2n) is 5.90. The molecule has 128 valence electrons. The second kappa shape index (κ2) is 7.23. The van der Waals surface area contributed by atoms with Crippen molar-refractivity contribution in [2.75, 3.05) is 13.1 Å². The van der Waals surface area contributed by atoms with Crippen molar-refractivity contribution in [3.8, 4) is 0 Å². The molecule has 1 aliphatic heterocycles. The predicted octanol–water partition coefficient (Wildman–Crippen LogP) is 2.42. The van der Waals surface area contributed by atoms with E-state index in [2.05, 4.69) is 10.6 Å². The van der Waals surface area contributed by atoms with Crippen LogP contribution in [0.2, 0.25) is 0 Å². The summed E-state index contributed by atoms with van der Waals surface area (Å²) < 4.78 is 27.4. The van der Waals surface area contributed by atoms with Gasteiger partial charge in [0, 0.05) is 42.3 Å². The van der Waals surface area contributed by atoms with Crippen molar-refractivity contribution in [2.45, 2.75) is 37.6 Å². The lowest BCUT2D eigenvalue weighted by atomic mass is 9.85. The van der Waals surface area contributed by atoms with Crippen LogP contribution in [0.3, 0.4) is 0 Å². The van der Waals surface area contributed by atoms with Crippen LogP contribution in [0.5, 0.6) is 0 Å². The summed E-state index contributed by atoms with van der Waals surface area (Å²) in [5.41, 5.74) is 0.693. The molecule has 0 bridgehead atoms. The number of Topliss-reactive ketones (excluding diaryl/α,β-unsaturated/α-hetero) is 1. The van der Waals surface area contributed by atoms with Crippen molar-refractivity contribution >= 4 is 35.4 Å². The smallest absolute Gasteiger partial charge is 0.270 e. The molecule has 1 aromatic heterocycles. The van der Waals surface area contributed by atoms with Crippen molar-refractivity contribution in [3.63, 3.8) is 0 Å². The van der Waals surface area contributed by atoms with E-state index in [0.717, 1.165) is 11.3 Å². The van der Waals surface area contributed by atoms with E-state index in [0.29, 0.717) is 12.0 Å². The highest BCUT2D eigenvalue weighted by atomic mass is 35.5. The molecule has 1 amide bonds. The summed E-state index contributed by atoms with van der Waals surface area (Å²) in [4.78, 5) is 25.4. The molecule has 1 aromatic rings. The monoisotopic (exact) mass is 364 g/mol. The molecule has 1 fully saturated rings. The van der Waals surface area contributed by atoms with Crippen molar-refractivity contribution in [1.82, 2.24) is 10.6 Å². The highest BCUT2D eigenvalue weighted by Crippen LogP contribution is 2.31. The van der Waals surface area contributed by atoms with Gasteiger partial charge >= 0.3 is 0 Å². The third-order valence-corrected chi connectivity index (χ3v) is 5.34. The lowest BCUT2D eigenvalue weighted by Gasteiger charge is -2.32. The maximum atomic E-state index is 13.7. The molecule has 0 spiro atoms. The lowest BCUT2D eigenvalue weighted by molar-refractivity contribution is -0.127. The molecule has 0 aromatic carbocycles. The quantitative estimate of drug-likeness (QED) is 0.866. The first-order valence-electron chi connectivity index (χ1n) is 7.46. The van der Waals surface area contributed by atoms with Crippen molar-refractivity contribution in [1.29, 1.82) is 0 Å². The third-order valence-electron chi connectivity index (χ3n) is 4.36. The van der Waals surface area contributed by atoms with E-state index in [1.54, 1.807) is 17.4 Å². The van der Waals surface area contributed by atoms with Crippen molar-refractivity contribution < 1.29 is 18.4 Å². The SMILES string of the molecule is Cl.O=C(CC1CCc2sccc2C1=O)NC1CNCCC1(F)F. The predicted molar refractivity (Wildman–Crippen MR) is 86.7 cm³/mol. The first-order chi connectivity index (χ1) is 10.5. The van der Waals surface area contributed by atoms with Crippen LogP contribution >= 0.6 is 23.7 Å². The molecule has 0 saturated carbocycles. The molecule has 2 N–H and O–H groups in total. The molecule has 1 aliphatic carbocycles. The van der Waals surface area contributed by atoms with Gasteiger partial charge in [0.05, 0.1) is 0 Å². The molecule has 23 heavy (non-hydrogen) atoms. The van der Waals surface area contributed by atoms with Gasteiger partial charge in [-0.3, -0.25) is 9.59 Å². The minimum Gasteiger partial charge on any atom is -0.346 e. The molecule has 3 rings (SSSR count). The number of hydrogen-bond acceptors (Lipinski definition) is 4. The number of halogens is 3. The van der Waals surface area contributed by atoms with Gasteiger partial charge in [-0.2, -0.15) is 0 Å². The average Bonchev–Trinajstić information content (AvgIpc) is 2.93. The lowest BCUT2D eigenvalue weighted by Crippen LogP contribution is -2.57. The van der Waals surface area contributed by atoms with Crippen molar-refractivity contribution in [3.05, 3.63) is 21.9 Å². The molecule has 4 nitrogen and oxygen atoms in total. The summed E-state index contributed by atoms with van der Waals surface area (Å²) in [6.45, 7) is 0.313. The Bertz CT molecular complexity index is 594. The van der Waals surface area contributed by atoms with Gasteiger partial charge in [-0.15, -0.1) is 23.7 Å². The maximum absolute atomic E-state index is 13.7. The van der Waals surface area contributed by atoms with Gasteiger partial charge in [0.2, 0.25) is 5.91 Å². The summed E-state index contributed by atoms with van der Waals surface area (Å²) in [5.74, 6) is -3.79. The summed E-state index contributed by atoms with van der Waals surface area (Å²) in [6.07, 6.45) is 1.09. The minimum absolute atomic E-state index is 0. The van der Waals surface area contributed by atoms with E-state index in [4.69, 9.17) is 0 Å². The summed E-state index contributed by atoms with van der Waals surface area (Å²) in [7, 11) is 0. The Morgan fingerprint density at radius 1 is 1.48 bits per heavy atom. The van der Waals surface area contributed by atoms with E-state index in [1.165, 1.54) is 0 Å². The number of ketones is 1. The number of carbonyl (C=O) groups is 2. The Hall–Kier alpha value is -1.05. The molecule has 2 atom stereocenters. The molecule has 2 unspecified atom stereocenters. The van der Waals surface area contributed by atoms with Gasteiger partial charge in [-0.05, 0) is 24.3 Å². The maximum Gasteiger partial charge on any atom is 0.270 e. The van der Waals surface area contributed by atoms with E-state index < -0.39 is 23.8 Å². The van der Waals surface area contributed by atoms with Gasteiger partial charge < -0.3 is 10.6 Å². The molecular formula is C15H19ClF2N2O2S. The zero-order valence-electron chi connectivity index (χ0n) is 12.4. The van der Waals surface area contributed by atoms with E-state index in [1.807, 2.05) is 5.38 Å². The van der Waals surface area contributed by atoms with E-state index in [9.17, 15) is 18.4 Å². The van der Waals surface area contributed by atoms with Crippen LogP contribution in [0.25, 0.3) is 0 Å². The first kappa shape index (κ1) is 18.3. The van der Waals surface area contributed by atoms with Gasteiger partial charge in [0.25, 0.3) is 5.92 Å². The number of amides is 1. The van der Waals surface area contributed by atoms with Crippen LogP contribution in [0.15, 0.2) is 11.4 Å². The molecule has 0 radical (unpaired) electrons. The molecule has 2 heterocycles. The number of thiophene rings is 1. The first-order valence-corrected chi connectivity index (χ1v) is 8.34. The number of piperidine rings is 1. The van der Waals surface area contributed by atoms with Crippen LogP contribution in [0.1, 0.15) is 34.5 Å². The number of carbonyl (C=O) groups excluding carboxylic acids is 2. The normalized spacial score (nSPS) is 26.1. The van der Waals surface area contributed by atoms with E-state index >= 15 is 0 Å². The second-order valence-corrected chi connectivity index (χ2v) is 6.90. The number of rotatable bonds is 3. The fourth-order valence-corrected chi connectivity index (χ4v) is 3.96. The van der Waals surface area contributed by atoms with Gasteiger partial charge in [0.15, 0.2) is 5.78 Å². The number of fused-ring (bicyclic) bond motifs is 1. The summed E-state index contributed by atoms with van der Waals surface area (Å²) >= 11 is 1.55. The van der Waals surface area contributed by atoms with Gasteiger partial charge in [0.1, 0.15) is 6.04 Å². The highest BCUT2D eigenvalue weighted by molar-refractivity contribution is 7.10. The highest BCUT2D eigenvalue weighted by Gasteiger charge is 2.42. The number of aryl methyl sites for hydroxylation is 1. The Kier molecular flexibility index (Phi) is 5.75.